The summed E-state index contributed by atoms with van der Waals surface area (Å²) in [4.78, 5) is 29.0. The van der Waals surface area contributed by atoms with Crippen LogP contribution in [-0.2, 0) is 48.8 Å². The summed E-state index contributed by atoms with van der Waals surface area (Å²) in [6, 6.07) is 7.59. The molecule has 1 aliphatic heterocycles. The number of aliphatic hydroxyl groups is 1. The Labute approximate surface area is 307 Å². The highest BCUT2D eigenvalue weighted by atomic mass is 32.2. The number of alkyl carbamates (subject to hydrolysis) is 1. The van der Waals surface area contributed by atoms with Gasteiger partial charge in [0.2, 0.25) is 15.9 Å². The summed E-state index contributed by atoms with van der Waals surface area (Å²) in [6.45, 7) is 5.49. The maximum atomic E-state index is 14.5. The number of hydrogen-bond acceptors (Lipinski definition) is 9. The van der Waals surface area contributed by atoms with E-state index in [0.717, 1.165) is 24.0 Å². The number of sulfone groups is 1. The zero-order valence-corrected chi connectivity index (χ0v) is 32.1. The van der Waals surface area contributed by atoms with E-state index in [2.05, 4.69) is 5.32 Å². The number of aryl methyl sites for hydroxylation is 1. The van der Waals surface area contributed by atoms with E-state index in [4.69, 9.17) is 10.5 Å². The highest BCUT2D eigenvalue weighted by Gasteiger charge is 2.37. The standard InChI is InChI=1S/C36H54F2N4O8S2/c1-5-9-31(10-6-2)52(48,49)24-33(40-36(45)50-30-13-15-42(16-14-30)51(4,46)47)35(44)41(22-26-12-8-11-25(7-3)17-26)23-34(43)32(39)20-27-18-28(37)21-29(38)19-27/h8,11-12,17-19,21,30-34,43H,5-7,9-10,13-16,20,22-24,39H2,1-4H3,(H,40,45)/t32-,33?,34+/m0/s1. The van der Waals surface area contributed by atoms with Gasteiger partial charge in [-0.15, -0.1) is 0 Å². The van der Waals surface area contributed by atoms with Crippen LogP contribution in [0.5, 0.6) is 0 Å². The summed E-state index contributed by atoms with van der Waals surface area (Å²) in [5.41, 5.74) is 8.13. The first-order valence-electron chi connectivity index (χ1n) is 17.8. The second-order valence-corrected chi connectivity index (χ2v) is 17.9. The second-order valence-electron chi connectivity index (χ2n) is 13.6. The van der Waals surface area contributed by atoms with Crippen molar-refractivity contribution >= 4 is 31.9 Å². The van der Waals surface area contributed by atoms with E-state index in [9.17, 15) is 40.3 Å². The van der Waals surface area contributed by atoms with Gasteiger partial charge in [0.1, 0.15) is 23.8 Å². The first-order chi connectivity index (χ1) is 24.4. The number of ether oxygens (including phenoxy) is 1. The van der Waals surface area contributed by atoms with Crippen molar-refractivity contribution in [2.45, 2.75) is 108 Å². The highest BCUT2D eigenvalue weighted by molar-refractivity contribution is 7.92. The molecule has 1 heterocycles. The smallest absolute Gasteiger partial charge is 0.408 e. The number of nitrogens with one attached hydrogen (secondary N) is 1. The van der Waals surface area contributed by atoms with Gasteiger partial charge in [0.05, 0.1) is 23.4 Å². The molecule has 0 aromatic heterocycles. The van der Waals surface area contributed by atoms with Gasteiger partial charge in [-0.2, -0.15) is 0 Å². The predicted molar refractivity (Wildman–Crippen MR) is 196 cm³/mol. The molecule has 1 aliphatic rings. The molecule has 0 spiro atoms. The summed E-state index contributed by atoms with van der Waals surface area (Å²) in [5, 5.41) is 13.0. The summed E-state index contributed by atoms with van der Waals surface area (Å²) in [5.74, 6) is -3.15. The molecule has 3 rings (SSSR count). The molecule has 12 nitrogen and oxygen atoms in total. The van der Waals surface area contributed by atoms with Gasteiger partial charge in [-0.25, -0.2) is 34.7 Å². The Balaban J connectivity index is 1.93. The van der Waals surface area contributed by atoms with Gasteiger partial charge in [0, 0.05) is 38.3 Å². The Morgan fingerprint density at radius 1 is 0.981 bits per heavy atom. The Kier molecular flexibility index (Phi) is 16.4. The lowest BCUT2D eigenvalue weighted by molar-refractivity contribution is -0.135. The van der Waals surface area contributed by atoms with Crippen LogP contribution >= 0.6 is 0 Å². The van der Waals surface area contributed by atoms with E-state index >= 15 is 0 Å². The normalized spacial score (nSPS) is 16.3. The Morgan fingerprint density at radius 3 is 2.13 bits per heavy atom. The molecular formula is C36H54F2N4O8S2. The van der Waals surface area contributed by atoms with Crippen molar-refractivity contribution in [2.75, 3.05) is 31.6 Å². The number of sulfonamides is 1. The fraction of sp³-hybridized carbons (Fsp3) is 0.611. The van der Waals surface area contributed by atoms with Crippen LogP contribution in [0.1, 0.15) is 76.0 Å². The molecule has 1 saturated heterocycles. The van der Waals surface area contributed by atoms with Crippen molar-refractivity contribution in [1.82, 2.24) is 14.5 Å². The van der Waals surface area contributed by atoms with Crippen LogP contribution in [0.3, 0.4) is 0 Å². The number of amides is 2. The lowest BCUT2D eigenvalue weighted by Gasteiger charge is -2.33. The van der Waals surface area contributed by atoms with E-state index in [1.54, 1.807) is 6.07 Å². The first kappa shape index (κ1) is 43.2. The Bertz CT molecular complexity index is 1680. The third-order valence-corrected chi connectivity index (χ3v) is 12.8. The topological polar surface area (TPSA) is 176 Å². The van der Waals surface area contributed by atoms with Gasteiger partial charge in [-0.1, -0.05) is 57.9 Å². The van der Waals surface area contributed by atoms with E-state index in [1.165, 1.54) is 9.21 Å². The summed E-state index contributed by atoms with van der Waals surface area (Å²) < 4.78 is 86.1. The molecule has 4 N–H and O–H groups in total. The fourth-order valence-electron chi connectivity index (χ4n) is 6.42. The molecule has 1 unspecified atom stereocenters. The lowest BCUT2D eigenvalue weighted by atomic mass is 10.0. The van der Waals surface area contributed by atoms with E-state index in [1.807, 2.05) is 39.0 Å². The molecule has 0 bridgehead atoms. The third-order valence-electron chi connectivity index (χ3n) is 9.24. The zero-order chi connectivity index (χ0) is 38.6. The number of nitrogens with two attached hydrogens (primary N) is 1. The molecule has 16 heteroatoms. The van der Waals surface area contributed by atoms with Crippen molar-refractivity contribution in [1.29, 1.82) is 0 Å². The number of benzene rings is 2. The van der Waals surface area contributed by atoms with Crippen LogP contribution in [0.2, 0.25) is 0 Å². The van der Waals surface area contributed by atoms with Crippen LogP contribution in [0.15, 0.2) is 42.5 Å². The number of hydrogen-bond donors (Lipinski definition) is 3. The third kappa shape index (κ3) is 13.3. The van der Waals surface area contributed by atoms with Crippen molar-refractivity contribution in [3.8, 4) is 0 Å². The average molecular weight is 773 g/mol. The molecule has 0 radical (unpaired) electrons. The van der Waals surface area contributed by atoms with Crippen LogP contribution in [-0.4, -0.2) is 104 Å². The molecule has 2 aromatic carbocycles. The Hall–Kier alpha value is -3.18. The van der Waals surface area contributed by atoms with Gasteiger partial charge in [-0.05, 0) is 67.3 Å². The number of halogens is 2. The SMILES string of the molecule is CCCC(CCC)S(=O)(=O)CC(NC(=O)OC1CCN(S(C)(=O)=O)CC1)C(=O)N(Cc1cccc(CC)c1)C[C@@H](O)[C@@H](N)Cc1cc(F)cc(F)c1. The summed E-state index contributed by atoms with van der Waals surface area (Å²) in [7, 11) is -7.38. The van der Waals surface area contributed by atoms with Crippen molar-refractivity contribution in [2.24, 2.45) is 5.73 Å². The van der Waals surface area contributed by atoms with Gasteiger partial charge >= 0.3 is 6.09 Å². The molecule has 1 fully saturated rings. The maximum absolute atomic E-state index is 14.5. The molecule has 0 aliphatic carbocycles. The number of carbonyl (C=O) groups excluding carboxylic acids is 2. The van der Waals surface area contributed by atoms with Crippen LogP contribution in [0, 0.1) is 11.6 Å². The molecule has 0 saturated carbocycles. The van der Waals surface area contributed by atoms with E-state index < -0.39 is 85.3 Å². The minimum Gasteiger partial charge on any atom is -0.446 e. The minimum absolute atomic E-state index is 0.0738. The first-order valence-corrected chi connectivity index (χ1v) is 21.4. The number of piperidine rings is 1. The van der Waals surface area contributed by atoms with Crippen molar-refractivity contribution < 1.29 is 45.0 Å². The number of rotatable bonds is 19. The lowest BCUT2D eigenvalue weighted by Crippen LogP contribution is -2.55. The fourth-order valence-corrected chi connectivity index (χ4v) is 9.45. The van der Waals surface area contributed by atoms with Crippen LogP contribution < -0.4 is 11.1 Å². The van der Waals surface area contributed by atoms with E-state index in [0.29, 0.717) is 43.7 Å². The zero-order valence-electron chi connectivity index (χ0n) is 30.5. The van der Waals surface area contributed by atoms with Gasteiger partial charge < -0.3 is 25.8 Å². The largest absolute Gasteiger partial charge is 0.446 e. The minimum atomic E-state index is -3.95. The van der Waals surface area contributed by atoms with Crippen molar-refractivity contribution in [3.63, 3.8) is 0 Å². The van der Waals surface area contributed by atoms with Crippen LogP contribution in [0.25, 0.3) is 0 Å². The summed E-state index contributed by atoms with van der Waals surface area (Å²) >= 11 is 0. The molecular weight excluding hydrogens is 719 g/mol. The molecule has 52 heavy (non-hydrogen) atoms. The highest BCUT2D eigenvalue weighted by Crippen LogP contribution is 2.21. The van der Waals surface area contributed by atoms with E-state index in [-0.39, 0.29) is 44.5 Å². The van der Waals surface area contributed by atoms with Gasteiger partial charge in [0.15, 0.2) is 9.84 Å². The number of nitrogens with zero attached hydrogens (tertiary/aromatic N) is 2. The number of carbonyl (C=O) groups is 2. The monoisotopic (exact) mass is 772 g/mol. The average Bonchev–Trinajstić information content (AvgIpc) is 3.06. The molecule has 292 valence electrons. The van der Waals surface area contributed by atoms with Gasteiger partial charge in [0.25, 0.3) is 0 Å². The Morgan fingerprint density at radius 2 is 1.58 bits per heavy atom. The summed E-state index contributed by atoms with van der Waals surface area (Å²) in [6.07, 6.45) is 0.880. The van der Waals surface area contributed by atoms with Crippen LogP contribution in [0.4, 0.5) is 13.6 Å². The quantitative estimate of drug-likeness (QED) is 0.192. The molecule has 2 aromatic rings. The second kappa shape index (κ2) is 19.8. The maximum Gasteiger partial charge on any atom is 0.408 e. The molecule has 3 atom stereocenters. The van der Waals surface area contributed by atoms with Gasteiger partial charge in [-0.3, -0.25) is 4.79 Å². The van der Waals surface area contributed by atoms with Crippen molar-refractivity contribution in [3.05, 3.63) is 70.8 Å². The molecule has 2 amide bonds. The predicted octanol–water partition coefficient (Wildman–Crippen LogP) is 3.69. The number of aliphatic hydroxyl groups excluding tert-OH is 1.